The second-order valence-electron chi connectivity index (χ2n) is 1.66. The molecule has 1 aliphatic heterocycles. The molecular weight excluding hydrogens is 152 g/mol. The summed E-state index contributed by atoms with van der Waals surface area (Å²) in [6.45, 7) is 0. The Kier molecular flexibility index (Phi) is 2.49. The molecule has 3 heteroatoms. The molecule has 1 rings (SSSR count). The first-order chi connectivity index (χ1) is 4.33. The average Bonchev–Trinajstić information content (AvgIpc) is 1.88. The molecule has 0 saturated carbocycles. The third kappa shape index (κ3) is 1.96. The molecular formula is C6H6OS2. The summed E-state index contributed by atoms with van der Waals surface area (Å²) in [7, 11) is 0. The summed E-state index contributed by atoms with van der Waals surface area (Å²) in [6, 6.07) is 0. The van der Waals surface area contributed by atoms with Gasteiger partial charge >= 0.3 is 0 Å². The van der Waals surface area contributed by atoms with Gasteiger partial charge in [-0.1, -0.05) is 29.4 Å². The van der Waals surface area contributed by atoms with E-state index in [-0.39, 0.29) is 9.70 Å². The molecule has 1 fully saturated rings. The molecule has 1 unspecified atom stereocenters. The zero-order valence-electron chi connectivity index (χ0n) is 4.79. The predicted molar refractivity (Wildman–Crippen MR) is 42.7 cm³/mol. The largest absolute Gasteiger partial charge is 0.274 e. The number of hydrogen-bond acceptors (Lipinski definition) is 3. The number of thioether (sulfide) groups is 2. The van der Waals surface area contributed by atoms with Gasteiger partial charge in [0, 0.05) is 5.75 Å². The molecule has 48 valence electrons. The molecule has 0 aromatic heterocycles. The summed E-state index contributed by atoms with van der Waals surface area (Å²) in [6.07, 6.45) is 6.10. The van der Waals surface area contributed by atoms with Crippen molar-refractivity contribution >= 4 is 28.0 Å². The van der Waals surface area contributed by atoms with Crippen LogP contribution in [0, 0.1) is 12.3 Å². The van der Waals surface area contributed by atoms with Crippen LogP contribution in [0.15, 0.2) is 0 Å². The Balaban J connectivity index is 2.43. The standard InChI is InChI=1S/C6H6OS2/c1-2-5-3-4-8-6(7)9-5/h1,5H,3-4H2. The van der Waals surface area contributed by atoms with Crippen LogP contribution in [-0.2, 0) is 0 Å². The van der Waals surface area contributed by atoms with Gasteiger partial charge in [0.1, 0.15) is 0 Å². The van der Waals surface area contributed by atoms with Crippen molar-refractivity contribution in [2.45, 2.75) is 11.7 Å². The van der Waals surface area contributed by atoms with Gasteiger partial charge in [0.05, 0.1) is 5.25 Å². The molecule has 0 aliphatic carbocycles. The highest BCUT2D eigenvalue weighted by Crippen LogP contribution is 2.30. The van der Waals surface area contributed by atoms with Crippen molar-refractivity contribution in [3.63, 3.8) is 0 Å². The summed E-state index contributed by atoms with van der Waals surface area (Å²) < 4.78 is 0.171. The average molecular weight is 158 g/mol. The SMILES string of the molecule is C#CC1CCSC(=O)S1. The van der Waals surface area contributed by atoms with Crippen LogP contribution < -0.4 is 0 Å². The van der Waals surface area contributed by atoms with E-state index in [1.807, 2.05) is 0 Å². The molecule has 9 heavy (non-hydrogen) atoms. The second-order valence-corrected chi connectivity index (χ2v) is 4.16. The molecule has 1 aliphatic rings. The molecule has 1 saturated heterocycles. The first-order valence-corrected chi connectivity index (χ1v) is 4.49. The molecule has 1 heterocycles. The first kappa shape index (κ1) is 7.04. The Morgan fingerprint density at radius 2 is 2.56 bits per heavy atom. The first-order valence-electron chi connectivity index (χ1n) is 2.62. The van der Waals surface area contributed by atoms with Gasteiger partial charge < -0.3 is 0 Å². The van der Waals surface area contributed by atoms with Crippen molar-refractivity contribution in [2.75, 3.05) is 5.75 Å². The second kappa shape index (κ2) is 3.19. The normalized spacial score (nSPS) is 27.4. The van der Waals surface area contributed by atoms with E-state index < -0.39 is 0 Å². The Bertz CT molecular complexity index is 159. The van der Waals surface area contributed by atoms with Crippen LogP contribution in [0.25, 0.3) is 0 Å². The quantitative estimate of drug-likeness (QED) is 0.502. The van der Waals surface area contributed by atoms with Crippen molar-refractivity contribution in [1.82, 2.24) is 0 Å². The van der Waals surface area contributed by atoms with Crippen molar-refractivity contribution in [3.05, 3.63) is 0 Å². The molecule has 0 radical (unpaired) electrons. The van der Waals surface area contributed by atoms with Crippen LogP contribution in [0.4, 0.5) is 4.79 Å². The van der Waals surface area contributed by atoms with E-state index in [9.17, 15) is 4.79 Å². The fourth-order valence-electron chi connectivity index (χ4n) is 0.576. The van der Waals surface area contributed by atoms with Crippen LogP contribution in [0.5, 0.6) is 0 Å². The molecule has 0 aromatic carbocycles. The highest BCUT2D eigenvalue weighted by atomic mass is 32.2. The molecule has 0 aromatic rings. The van der Waals surface area contributed by atoms with E-state index in [2.05, 4.69) is 5.92 Å². The van der Waals surface area contributed by atoms with Gasteiger partial charge in [0.15, 0.2) is 0 Å². The summed E-state index contributed by atoms with van der Waals surface area (Å²) >= 11 is 2.64. The molecule has 0 N–H and O–H groups in total. The molecule has 0 bridgehead atoms. The van der Waals surface area contributed by atoms with E-state index >= 15 is 0 Å². The maximum atomic E-state index is 10.7. The number of carbonyl (C=O) groups excluding carboxylic acids is 1. The van der Waals surface area contributed by atoms with Crippen molar-refractivity contribution < 1.29 is 4.79 Å². The molecule has 0 amide bonds. The summed E-state index contributed by atoms with van der Waals surface area (Å²) in [5, 5.41) is 0.138. The van der Waals surface area contributed by atoms with Crippen molar-refractivity contribution in [2.24, 2.45) is 0 Å². The van der Waals surface area contributed by atoms with Gasteiger partial charge in [-0.25, -0.2) is 0 Å². The zero-order valence-corrected chi connectivity index (χ0v) is 6.43. The van der Waals surface area contributed by atoms with Gasteiger partial charge in [0.2, 0.25) is 4.45 Å². The minimum absolute atomic E-state index is 0.138. The van der Waals surface area contributed by atoms with E-state index in [1.54, 1.807) is 0 Å². The fourth-order valence-corrected chi connectivity index (χ4v) is 2.65. The zero-order chi connectivity index (χ0) is 6.69. The monoisotopic (exact) mass is 158 g/mol. The van der Waals surface area contributed by atoms with E-state index in [1.165, 1.54) is 23.5 Å². The lowest BCUT2D eigenvalue weighted by Crippen LogP contribution is -2.08. The summed E-state index contributed by atoms with van der Waals surface area (Å²) in [4.78, 5) is 10.7. The van der Waals surface area contributed by atoms with Crippen molar-refractivity contribution in [1.29, 1.82) is 0 Å². The van der Waals surface area contributed by atoms with Crippen LogP contribution in [0.1, 0.15) is 6.42 Å². The lowest BCUT2D eigenvalue weighted by atomic mass is 10.3. The highest BCUT2D eigenvalue weighted by molar-refractivity contribution is 8.39. The topological polar surface area (TPSA) is 17.1 Å². The van der Waals surface area contributed by atoms with Gasteiger partial charge in [-0.15, -0.1) is 6.42 Å². The highest BCUT2D eigenvalue weighted by Gasteiger charge is 2.17. The van der Waals surface area contributed by atoms with Gasteiger partial charge in [-0.3, -0.25) is 4.79 Å². The summed E-state index contributed by atoms with van der Waals surface area (Å²) in [5.41, 5.74) is 0. The van der Waals surface area contributed by atoms with Gasteiger partial charge in [-0.2, -0.15) is 0 Å². The van der Waals surface area contributed by atoms with Crippen LogP contribution >= 0.6 is 23.5 Å². The van der Waals surface area contributed by atoms with Crippen LogP contribution in [0.3, 0.4) is 0 Å². The van der Waals surface area contributed by atoms with E-state index in [4.69, 9.17) is 6.42 Å². The number of terminal acetylenes is 1. The third-order valence-corrected chi connectivity index (χ3v) is 3.19. The third-order valence-electron chi connectivity index (χ3n) is 1.02. The Hall–Kier alpha value is -0.0700. The number of carbonyl (C=O) groups is 1. The summed E-state index contributed by atoms with van der Waals surface area (Å²) in [5.74, 6) is 3.45. The number of hydrogen-bond donors (Lipinski definition) is 0. The predicted octanol–water partition coefficient (Wildman–Crippen LogP) is 1.98. The minimum atomic E-state index is 0.138. The molecule has 1 nitrogen and oxygen atoms in total. The van der Waals surface area contributed by atoms with Gasteiger partial charge in [-0.05, 0) is 6.42 Å². The Morgan fingerprint density at radius 1 is 1.78 bits per heavy atom. The lowest BCUT2D eigenvalue weighted by molar-refractivity contribution is 0.276. The number of rotatable bonds is 0. The molecule has 0 spiro atoms. The maximum Gasteiger partial charge on any atom is 0.247 e. The van der Waals surface area contributed by atoms with Gasteiger partial charge in [0.25, 0.3) is 0 Å². The Morgan fingerprint density at radius 3 is 3.00 bits per heavy atom. The van der Waals surface area contributed by atoms with E-state index in [0.717, 1.165) is 12.2 Å². The smallest absolute Gasteiger partial charge is 0.247 e. The van der Waals surface area contributed by atoms with Crippen molar-refractivity contribution in [3.8, 4) is 12.3 Å². The lowest BCUT2D eigenvalue weighted by Gasteiger charge is -2.12. The minimum Gasteiger partial charge on any atom is -0.274 e. The van der Waals surface area contributed by atoms with E-state index in [0.29, 0.717) is 0 Å². The van der Waals surface area contributed by atoms with Crippen LogP contribution in [0.2, 0.25) is 0 Å². The van der Waals surface area contributed by atoms with Crippen LogP contribution in [-0.4, -0.2) is 15.5 Å². The fraction of sp³-hybridized carbons (Fsp3) is 0.500. The maximum absolute atomic E-state index is 10.7. The Labute approximate surface area is 63.0 Å². The molecule has 1 atom stereocenters.